The summed E-state index contributed by atoms with van der Waals surface area (Å²) in [4.78, 5) is 42.2. The van der Waals surface area contributed by atoms with Crippen LogP contribution in [-0.4, -0.2) is 62.5 Å². The molecule has 1 saturated heterocycles. The third kappa shape index (κ3) is 3.87. The normalized spacial score (nSPS) is 21.2. The van der Waals surface area contributed by atoms with Gasteiger partial charge in [-0.15, -0.1) is 0 Å². The first-order valence-electron chi connectivity index (χ1n) is 9.98. The van der Waals surface area contributed by atoms with Gasteiger partial charge in [0.15, 0.2) is 0 Å². The molecule has 3 aromatic rings. The highest BCUT2D eigenvalue weighted by Crippen LogP contribution is 2.33. The molecule has 2 atom stereocenters. The molecular weight excluding hydrogens is 499 g/mol. The predicted octanol–water partition coefficient (Wildman–Crippen LogP) is 2.75. The van der Waals surface area contributed by atoms with Crippen LogP contribution in [-0.2, 0) is 22.4 Å². The highest BCUT2D eigenvalue weighted by atomic mass is 79.9. The summed E-state index contributed by atoms with van der Waals surface area (Å²) < 4.78 is 14.5. The molecule has 2 heterocycles. The monoisotopic (exact) mass is 518 g/mol. The van der Waals surface area contributed by atoms with Crippen molar-refractivity contribution >= 4 is 44.3 Å². The fourth-order valence-corrected chi connectivity index (χ4v) is 4.73. The first kappa shape index (κ1) is 22.9. The molecule has 11 heteroatoms. The molecule has 2 aromatic carbocycles. The average Bonchev–Trinajstić information content (AvgIpc) is 3.16. The number of nitro groups is 1. The summed E-state index contributed by atoms with van der Waals surface area (Å²) in [5.74, 6) is -1.95. The highest BCUT2D eigenvalue weighted by molar-refractivity contribution is 9.10. The Morgan fingerprint density at radius 1 is 1.27 bits per heavy atom. The number of nitrogens with one attached hydrogen (secondary N) is 1. The van der Waals surface area contributed by atoms with Crippen molar-refractivity contribution in [3.05, 3.63) is 74.1 Å². The van der Waals surface area contributed by atoms with Gasteiger partial charge in [-0.05, 0) is 29.3 Å². The van der Waals surface area contributed by atoms with Crippen molar-refractivity contribution in [3.63, 3.8) is 0 Å². The van der Waals surface area contributed by atoms with Gasteiger partial charge in [0.05, 0.1) is 21.9 Å². The zero-order valence-corrected chi connectivity index (χ0v) is 19.3. The third-order valence-corrected chi connectivity index (χ3v) is 6.55. The van der Waals surface area contributed by atoms with Crippen LogP contribution in [0, 0.1) is 15.9 Å². The minimum absolute atomic E-state index is 0.0507. The van der Waals surface area contributed by atoms with Crippen LogP contribution in [0.5, 0.6) is 0 Å². The van der Waals surface area contributed by atoms with Gasteiger partial charge in [-0.25, -0.2) is 4.39 Å². The van der Waals surface area contributed by atoms with E-state index in [4.69, 9.17) is 0 Å². The van der Waals surface area contributed by atoms with E-state index < -0.39 is 40.0 Å². The van der Waals surface area contributed by atoms with Gasteiger partial charge in [0.1, 0.15) is 11.9 Å². The van der Waals surface area contributed by atoms with Gasteiger partial charge in [0.25, 0.3) is 11.6 Å². The van der Waals surface area contributed by atoms with E-state index in [0.29, 0.717) is 11.1 Å². The van der Waals surface area contributed by atoms with Crippen molar-refractivity contribution in [3.8, 4) is 0 Å². The number of carbonyl (C=O) groups is 2. The number of H-pyrrole nitrogens is 1. The number of halogens is 2. The van der Waals surface area contributed by atoms with Gasteiger partial charge in [-0.3, -0.25) is 19.7 Å². The number of hydrogen-bond acceptors (Lipinski definition) is 5. The zero-order valence-electron chi connectivity index (χ0n) is 17.7. The molecule has 172 valence electrons. The molecule has 1 aliphatic rings. The topological polar surface area (TPSA) is 120 Å². The van der Waals surface area contributed by atoms with Crippen LogP contribution >= 0.6 is 15.9 Å². The summed E-state index contributed by atoms with van der Waals surface area (Å²) >= 11 is 3.35. The number of rotatable bonds is 5. The number of non-ortho nitro benzene ring substituents is 1. The molecule has 0 aliphatic carbocycles. The standard InChI is InChI=1S/C22H20BrFN4O5/c1-26-18(7-13-11-25-16-8-15(24)9-17(19(13)16)28(32)33)20(29)27(2)22(31,21(26)30)10-12-4-3-5-14(23)6-12/h3-6,8-9,11,18,25,31H,7,10H2,1-2H3/t18-,22+/m0/s1. The fraction of sp³-hybridized carbons (Fsp3) is 0.273. The molecule has 0 unspecified atom stereocenters. The van der Waals surface area contributed by atoms with Gasteiger partial charge in [-0.1, -0.05) is 28.1 Å². The third-order valence-electron chi connectivity index (χ3n) is 6.06. The van der Waals surface area contributed by atoms with Crippen LogP contribution in [0.25, 0.3) is 10.9 Å². The van der Waals surface area contributed by atoms with Crippen molar-refractivity contribution in [2.45, 2.75) is 24.6 Å². The SMILES string of the molecule is CN1C(=O)[C@](O)(Cc2cccc(Br)c2)N(C)C(=O)[C@@H]1Cc1c[nH]c2cc(F)cc([N+](=O)[O-])c12. The quantitative estimate of drug-likeness (QED) is 0.397. The van der Waals surface area contributed by atoms with E-state index in [-0.39, 0.29) is 23.7 Å². The number of carbonyl (C=O) groups excluding carboxylic acids is 2. The number of hydrogen-bond donors (Lipinski definition) is 2. The second-order valence-corrected chi connectivity index (χ2v) is 8.99. The summed E-state index contributed by atoms with van der Waals surface area (Å²) in [6, 6.07) is 8.00. The van der Waals surface area contributed by atoms with Crippen LogP contribution in [0.15, 0.2) is 47.1 Å². The van der Waals surface area contributed by atoms with Gasteiger partial charge in [0.2, 0.25) is 11.6 Å². The van der Waals surface area contributed by atoms with Crippen LogP contribution in [0.3, 0.4) is 0 Å². The van der Waals surface area contributed by atoms with Crippen molar-refractivity contribution in [2.75, 3.05) is 14.1 Å². The maximum Gasteiger partial charge on any atom is 0.281 e. The van der Waals surface area contributed by atoms with Crippen LogP contribution in [0.2, 0.25) is 0 Å². The Morgan fingerprint density at radius 2 is 2.00 bits per heavy atom. The predicted molar refractivity (Wildman–Crippen MR) is 121 cm³/mol. The molecule has 1 fully saturated rings. The van der Waals surface area contributed by atoms with Gasteiger partial charge in [0, 0.05) is 37.6 Å². The molecule has 0 spiro atoms. The highest BCUT2D eigenvalue weighted by Gasteiger charge is 2.53. The molecule has 9 nitrogen and oxygen atoms in total. The molecule has 33 heavy (non-hydrogen) atoms. The molecule has 1 aliphatic heterocycles. The lowest BCUT2D eigenvalue weighted by Gasteiger charge is -2.47. The van der Waals surface area contributed by atoms with E-state index in [1.165, 1.54) is 20.3 Å². The van der Waals surface area contributed by atoms with Gasteiger partial charge < -0.3 is 19.9 Å². The van der Waals surface area contributed by atoms with E-state index >= 15 is 0 Å². The first-order chi connectivity index (χ1) is 15.5. The minimum Gasteiger partial charge on any atom is -0.363 e. The summed E-state index contributed by atoms with van der Waals surface area (Å²) in [7, 11) is 2.76. The summed E-state index contributed by atoms with van der Waals surface area (Å²) in [5, 5.41) is 22.9. The fourth-order valence-electron chi connectivity index (χ4n) is 4.28. The number of nitro benzene ring substituents is 1. The van der Waals surface area contributed by atoms with Crippen LogP contribution in [0.1, 0.15) is 11.1 Å². The number of fused-ring (bicyclic) bond motifs is 1. The number of benzene rings is 2. The molecule has 0 saturated carbocycles. The molecule has 0 bridgehead atoms. The van der Waals surface area contributed by atoms with Crippen LogP contribution in [0.4, 0.5) is 10.1 Å². The molecule has 1 aromatic heterocycles. The van der Waals surface area contributed by atoms with Crippen molar-refractivity contribution in [2.24, 2.45) is 0 Å². The molecular formula is C22H20BrFN4O5. The Balaban J connectivity index is 1.67. The second kappa shape index (κ2) is 8.23. The van der Waals surface area contributed by atoms with E-state index in [1.807, 2.05) is 0 Å². The Labute approximate surface area is 196 Å². The maximum absolute atomic E-state index is 13.8. The molecule has 2 amide bonds. The summed E-state index contributed by atoms with van der Waals surface area (Å²) in [6.45, 7) is 0. The minimum atomic E-state index is -2.08. The zero-order chi connectivity index (χ0) is 24.1. The number of aliphatic hydroxyl groups is 1. The lowest BCUT2D eigenvalue weighted by atomic mass is 9.92. The molecule has 2 N–H and O–H groups in total. The Hall–Kier alpha value is -3.31. The van der Waals surface area contributed by atoms with Gasteiger partial charge in [-0.2, -0.15) is 0 Å². The lowest BCUT2D eigenvalue weighted by Crippen LogP contribution is -2.70. The maximum atomic E-state index is 13.8. The van der Waals surface area contributed by atoms with E-state index in [0.717, 1.165) is 26.4 Å². The Kier molecular flexibility index (Phi) is 5.71. The van der Waals surface area contributed by atoms with E-state index in [2.05, 4.69) is 20.9 Å². The van der Waals surface area contributed by atoms with E-state index in [9.17, 15) is 29.2 Å². The largest absolute Gasteiger partial charge is 0.363 e. The molecule has 4 rings (SSSR count). The lowest BCUT2D eigenvalue weighted by molar-refractivity contribution is -0.383. The second-order valence-electron chi connectivity index (χ2n) is 8.08. The number of aromatic nitrogens is 1. The smallest absolute Gasteiger partial charge is 0.281 e. The van der Waals surface area contributed by atoms with Crippen molar-refractivity contribution in [1.29, 1.82) is 0 Å². The number of nitrogens with zero attached hydrogens (tertiary/aromatic N) is 3. The van der Waals surface area contributed by atoms with Crippen molar-refractivity contribution < 1.29 is 24.0 Å². The Morgan fingerprint density at radius 3 is 2.67 bits per heavy atom. The number of piperazine rings is 1. The molecule has 0 radical (unpaired) electrons. The first-order valence-corrected chi connectivity index (χ1v) is 10.8. The summed E-state index contributed by atoms with van der Waals surface area (Å²) in [6.07, 6.45) is 1.30. The van der Waals surface area contributed by atoms with E-state index in [1.54, 1.807) is 24.3 Å². The van der Waals surface area contributed by atoms with Crippen LogP contribution < -0.4 is 0 Å². The average molecular weight is 519 g/mol. The van der Waals surface area contributed by atoms with Gasteiger partial charge >= 0.3 is 0 Å². The summed E-state index contributed by atoms with van der Waals surface area (Å²) in [5.41, 5.74) is -1.26. The Bertz CT molecular complexity index is 1300. The number of amides is 2. The number of likely N-dealkylation sites (N-methyl/N-ethyl adjacent to an activating group) is 2. The van der Waals surface area contributed by atoms with Crippen molar-refractivity contribution in [1.82, 2.24) is 14.8 Å². The number of aromatic amines is 1.